The number of nitrogens with zero attached hydrogens (tertiary/aromatic N) is 1. The average molecular weight is 306 g/mol. The lowest BCUT2D eigenvalue weighted by Gasteiger charge is -2.34. The van der Waals surface area contributed by atoms with Crippen molar-refractivity contribution in [3.63, 3.8) is 0 Å². The van der Waals surface area contributed by atoms with Gasteiger partial charge in [0, 0.05) is 24.6 Å². The van der Waals surface area contributed by atoms with Gasteiger partial charge >= 0.3 is 0 Å². The van der Waals surface area contributed by atoms with E-state index in [0.29, 0.717) is 0 Å². The van der Waals surface area contributed by atoms with Crippen LogP contribution in [0.25, 0.3) is 0 Å². The monoisotopic (exact) mass is 306 g/mol. The van der Waals surface area contributed by atoms with E-state index in [4.69, 9.17) is 0 Å². The molecule has 114 valence electrons. The van der Waals surface area contributed by atoms with Crippen LogP contribution in [0.4, 0.5) is 0 Å². The number of carbonyl (C=O) groups is 1. The fraction of sp³-hybridized carbons (Fsp3) is 0.438. The normalized spacial score (nSPS) is 18.7. The number of nitrogens with one attached hydrogen (secondary N) is 1. The minimum atomic E-state index is -0.400. The van der Waals surface area contributed by atoms with Crippen LogP contribution in [-0.4, -0.2) is 53.2 Å². The van der Waals surface area contributed by atoms with Crippen LogP contribution < -0.4 is 5.32 Å². The van der Waals surface area contributed by atoms with E-state index in [-0.39, 0.29) is 18.6 Å². The largest absolute Gasteiger partial charge is 0.394 e. The van der Waals surface area contributed by atoms with E-state index in [1.54, 1.807) is 6.08 Å². The van der Waals surface area contributed by atoms with Crippen molar-refractivity contribution in [3.8, 4) is 0 Å². The molecule has 0 bridgehead atoms. The third-order valence-electron chi connectivity index (χ3n) is 3.58. The van der Waals surface area contributed by atoms with Gasteiger partial charge in [-0.1, -0.05) is 36.4 Å². The predicted octanol–water partition coefficient (Wildman–Crippen LogP) is 1.44. The van der Waals surface area contributed by atoms with Crippen LogP contribution in [0.2, 0.25) is 0 Å². The quantitative estimate of drug-likeness (QED) is 0.781. The van der Waals surface area contributed by atoms with Gasteiger partial charge in [0.25, 0.3) is 0 Å². The molecule has 4 nitrogen and oxygen atoms in total. The standard InChI is InChI=1S/C16H22N2O2S/c1-2-14(12-19)17-16(20)15(13-6-4-3-5-7-13)18-8-10-21-11-9-18/h2-7,14-15,19H,1,8-12H2,(H,17,20)/t14-,15+/m1/s1. The van der Waals surface area contributed by atoms with Gasteiger partial charge in [0.2, 0.25) is 5.91 Å². The average Bonchev–Trinajstić information content (AvgIpc) is 2.55. The summed E-state index contributed by atoms with van der Waals surface area (Å²) in [7, 11) is 0. The highest BCUT2D eigenvalue weighted by Crippen LogP contribution is 2.24. The molecule has 2 rings (SSSR count). The van der Waals surface area contributed by atoms with E-state index in [9.17, 15) is 9.90 Å². The summed E-state index contributed by atoms with van der Waals surface area (Å²) in [5.41, 5.74) is 0.989. The van der Waals surface area contributed by atoms with Crippen LogP contribution in [0, 0.1) is 0 Å². The summed E-state index contributed by atoms with van der Waals surface area (Å²) in [6.07, 6.45) is 1.56. The molecule has 0 aliphatic carbocycles. The Morgan fingerprint density at radius 3 is 2.62 bits per heavy atom. The maximum Gasteiger partial charge on any atom is 0.242 e. The highest BCUT2D eigenvalue weighted by molar-refractivity contribution is 7.99. The minimum Gasteiger partial charge on any atom is -0.394 e. The summed E-state index contributed by atoms with van der Waals surface area (Å²) in [6.45, 7) is 5.30. The molecule has 1 aromatic rings. The molecule has 0 spiro atoms. The summed E-state index contributed by atoms with van der Waals surface area (Å²) in [6, 6.07) is 9.10. The van der Waals surface area contributed by atoms with Gasteiger partial charge in [-0.2, -0.15) is 11.8 Å². The molecule has 0 saturated carbocycles. The molecular weight excluding hydrogens is 284 g/mol. The van der Waals surface area contributed by atoms with Crippen molar-refractivity contribution in [3.05, 3.63) is 48.6 Å². The number of thioether (sulfide) groups is 1. The zero-order valence-corrected chi connectivity index (χ0v) is 12.9. The summed E-state index contributed by atoms with van der Waals surface area (Å²) in [5, 5.41) is 12.1. The Morgan fingerprint density at radius 2 is 2.05 bits per heavy atom. The van der Waals surface area contributed by atoms with Crippen molar-refractivity contribution in [2.45, 2.75) is 12.1 Å². The van der Waals surface area contributed by atoms with Crippen molar-refractivity contribution in [1.82, 2.24) is 10.2 Å². The maximum atomic E-state index is 12.7. The molecule has 1 aliphatic rings. The molecule has 1 heterocycles. The summed E-state index contributed by atoms with van der Waals surface area (Å²) < 4.78 is 0. The van der Waals surface area contributed by atoms with Crippen LogP contribution in [0.1, 0.15) is 11.6 Å². The molecule has 5 heteroatoms. The first kappa shape index (κ1) is 16.1. The van der Waals surface area contributed by atoms with Crippen molar-refractivity contribution in [2.75, 3.05) is 31.2 Å². The Balaban J connectivity index is 2.18. The van der Waals surface area contributed by atoms with Crippen LogP contribution in [0.15, 0.2) is 43.0 Å². The molecule has 0 unspecified atom stereocenters. The van der Waals surface area contributed by atoms with E-state index in [2.05, 4.69) is 16.8 Å². The van der Waals surface area contributed by atoms with E-state index in [1.807, 2.05) is 42.1 Å². The van der Waals surface area contributed by atoms with E-state index < -0.39 is 6.04 Å². The molecule has 0 aromatic heterocycles. The van der Waals surface area contributed by atoms with Crippen LogP contribution in [-0.2, 0) is 4.79 Å². The Morgan fingerprint density at radius 1 is 1.38 bits per heavy atom. The summed E-state index contributed by atoms with van der Waals surface area (Å²) >= 11 is 1.92. The minimum absolute atomic E-state index is 0.0768. The maximum absolute atomic E-state index is 12.7. The number of rotatable bonds is 6. The van der Waals surface area contributed by atoms with Gasteiger partial charge in [-0.25, -0.2) is 0 Å². The lowest BCUT2D eigenvalue weighted by Crippen LogP contribution is -2.47. The second-order valence-electron chi connectivity index (χ2n) is 4.99. The molecule has 1 aliphatic heterocycles. The molecule has 2 atom stereocenters. The van der Waals surface area contributed by atoms with Crippen molar-refractivity contribution < 1.29 is 9.90 Å². The fourth-order valence-corrected chi connectivity index (χ4v) is 3.37. The summed E-state index contributed by atoms with van der Waals surface area (Å²) in [4.78, 5) is 14.9. The van der Waals surface area contributed by atoms with Gasteiger partial charge in [0.1, 0.15) is 6.04 Å². The zero-order valence-electron chi connectivity index (χ0n) is 12.1. The first-order valence-corrected chi connectivity index (χ1v) is 8.32. The van der Waals surface area contributed by atoms with E-state index >= 15 is 0 Å². The molecule has 1 aromatic carbocycles. The van der Waals surface area contributed by atoms with Gasteiger partial charge in [-0.15, -0.1) is 6.58 Å². The highest BCUT2D eigenvalue weighted by Gasteiger charge is 2.29. The second kappa shape index (κ2) is 8.22. The number of hydrogen-bond acceptors (Lipinski definition) is 4. The second-order valence-corrected chi connectivity index (χ2v) is 6.22. The lowest BCUT2D eigenvalue weighted by molar-refractivity contribution is -0.127. The van der Waals surface area contributed by atoms with Gasteiger partial charge in [0.15, 0.2) is 0 Å². The van der Waals surface area contributed by atoms with Gasteiger partial charge in [-0.05, 0) is 5.56 Å². The number of aliphatic hydroxyl groups is 1. The first-order chi connectivity index (χ1) is 10.3. The smallest absolute Gasteiger partial charge is 0.242 e. The van der Waals surface area contributed by atoms with Crippen LogP contribution in [0.5, 0.6) is 0 Å². The topological polar surface area (TPSA) is 52.6 Å². The lowest BCUT2D eigenvalue weighted by atomic mass is 10.0. The number of hydrogen-bond donors (Lipinski definition) is 2. The molecule has 1 saturated heterocycles. The summed E-state index contributed by atoms with van der Waals surface area (Å²) in [5.74, 6) is 2.01. The van der Waals surface area contributed by atoms with E-state index in [1.165, 1.54) is 0 Å². The number of benzene rings is 1. The number of carbonyl (C=O) groups excluding carboxylic acids is 1. The Hall–Kier alpha value is -1.30. The molecular formula is C16H22N2O2S. The fourth-order valence-electron chi connectivity index (χ4n) is 2.44. The Bertz CT molecular complexity index is 461. The molecule has 2 N–H and O–H groups in total. The highest BCUT2D eigenvalue weighted by atomic mass is 32.2. The molecule has 1 fully saturated rings. The molecule has 21 heavy (non-hydrogen) atoms. The predicted molar refractivity (Wildman–Crippen MR) is 87.3 cm³/mol. The first-order valence-electron chi connectivity index (χ1n) is 7.16. The van der Waals surface area contributed by atoms with E-state index in [0.717, 1.165) is 30.2 Å². The van der Waals surface area contributed by atoms with Crippen LogP contribution >= 0.6 is 11.8 Å². The SMILES string of the molecule is C=C[C@H](CO)NC(=O)[C@H](c1ccccc1)N1CCSCC1. The third-order valence-corrected chi connectivity index (χ3v) is 4.53. The van der Waals surface area contributed by atoms with Crippen molar-refractivity contribution in [1.29, 1.82) is 0 Å². The van der Waals surface area contributed by atoms with Crippen LogP contribution in [0.3, 0.4) is 0 Å². The number of aliphatic hydroxyl groups excluding tert-OH is 1. The van der Waals surface area contributed by atoms with Gasteiger partial charge in [0.05, 0.1) is 12.6 Å². The molecule has 1 amide bonds. The molecule has 0 radical (unpaired) electrons. The Labute approximate surface area is 130 Å². The van der Waals surface area contributed by atoms with Gasteiger partial charge < -0.3 is 10.4 Å². The van der Waals surface area contributed by atoms with Gasteiger partial charge in [-0.3, -0.25) is 9.69 Å². The van der Waals surface area contributed by atoms with Crippen molar-refractivity contribution >= 4 is 17.7 Å². The zero-order chi connectivity index (χ0) is 15.1. The van der Waals surface area contributed by atoms with Crippen molar-refractivity contribution in [2.24, 2.45) is 0 Å². The number of amides is 1. The Kier molecular flexibility index (Phi) is 6.29. The third kappa shape index (κ3) is 4.33.